The van der Waals surface area contributed by atoms with E-state index in [1.54, 1.807) is 6.92 Å². The molecule has 2 unspecified atom stereocenters. The van der Waals surface area contributed by atoms with Crippen LogP contribution in [0.4, 0.5) is 4.79 Å². The van der Waals surface area contributed by atoms with Gasteiger partial charge in [0.25, 0.3) is 0 Å². The normalized spacial score (nSPS) is 18.9. The molecular formula is C26H29N3O6. The summed E-state index contributed by atoms with van der Waals surface area (Å²) < 4.78 is 5.57. The van der Waals surface area contributed by atoms with Crippen LogP contribution in [0.1, 0.15) is 37.3 Å². The number of fused-ring (bicyclic) bond motifs is 3. The van der Waals surface area contributed by atoms with Crippen molar-refractivity contribution in [3.05, 3.63) is 59.7 Å². The van der Waals surface area contributed by atoms with Crippen LogP contribution in [-0.2, 0) is 19.1 Å². The number of amides is 3. The number of benzene rings is 2. The number of ether oxygens (including phenoxy) is 1. The number of carbonyl (C=O) groups excluding carboxylic acids is 3. The molecule has 2 atom stereocenters. The third-order valence-corrected chi connectivity index (χ3v) is 7.00. The Morgan fingerprint density at radius 1 is 1.09 bits per heavy atom. The van der Waals surface area contributed by atoms with Crippen molar-refractivity contribution in [2.24, 2.45) is 0 Å². The molecule has 3 amide bonds. The Hall–Kier alpha value is -3.88. The quantitative estimate of drug-likeness (QED) is 0.658. The lowest BCUT2D eigenvalue weighted by molar-refractivity contribution is -0.161. The second-order valence-corrected chi connectivity index (χ2v) is 9.20. The van der Waals surface area contributed by atoms with E-state index in [9.17, 15) is 24.3 Å². The lowest BCUT2D eigenvalue weighted by atomic mass is 9.95. The zero-order valence-corrected chi connectivity index (χ0v) is 20.0. The molecule has 1 aliphatic carbocycles. The number of piperazine rings is 1. The molecule has 9 nitrogen and oxygen atoms in total. The third kappa shape index (κ3) is 4.45. The van der Waals surface area contributed by atoms with Gasteiger partial charge in [0.05, 0.1) is 6.54 Å². The van der Waals surface area contributed by atoms with Crippen molar-refractivity contribution < 1.29 is 29.0 Å². The highest BCUT2D eigenvalue weighted by atomic mass is 16.5. The highest BCUT2D eigenvalue weighted by Gasteiger charge is 2.45. The zero-order valence-electron chi connectivity index (χ0n) is 20.0. The number of nitrogens with zero attached hydrogens (tertiary/aromatic N) is 2. The van der Waals surface area contributed by atoms with E-state index in [0.29, 0.717) is 0 Å². The number of aliphatic carboxylic acids is 1. The molecule has 184 valence electrons. The van der Waals surface area contributed by atoms with E-state index >= 15 is 0 Å². The number of likely N-dealkylation sites (N-methyl/N-ethyl adjacent to an activating group) is 1. The Balaban J connectivity index is 1.47. The molecule has 0 aromatic heterocycles. The second-order valence-electron chi connectivity index (χ2n) is 9.20. The molecule has 1 saturated heterocycles. The van der Waals surface area contributed by atoms with Crippen molar-refractivity contribution in [2.45, 2.75) is 37.8 Å². The molecule has 0 radical (unpaired) electrons. The average Bonchev–Trinajstić information content (AvgIpc) is 3.17. The van der Waals surface area contributed by atoms with Gasteiger partial charge in [-0.2, -0.15) is 0 Å². The van der Waals surface area contributed by atoms with Crippen molar-refractivity contribution in [1.29, 1.82) is 0 Å². The number of alkyl carbamates (subject to hydrolysis) is 1. The molecule has 0 saturated carbocycles. The van der Waals surface area contributed by atoms with E-state index in [-0.39, 0.29) is 37.9 Å². The average molecular weight is 480 g/mol. The van der Waals surface area contributed by atoms with Crippen molar-refractivity contribution >= 4 is 23.9 Å². The maximum absolute atomic E-state index is 13.4. The van der Waals surface area contributed by atoms with Gasteiger partial charge in [-0.1, -0.05) is 55.5 Å². The van der Waals surface area contributed by atoms with Crippen LogP contribution in [0.25, 0.3) is 11.1 Å². The van der Waals surface area contributed by atoms with Crippen molar-refractivity contribution in [3.63, 3.8) is 0 Å². The minimum absolute atomic E-state index is 0.0819. The summed E-state index contributed by atoms with van der Waals surface area (Å²) in [6, 6.07) is 14.7. The summed E-state index contributed by atoms with van der Waals surface area (Å²) in [4.78, 5) is 52.5. The first-order chi connectivity index (χ1) is 16.7. The summed E-state index contributed by atoms with van der Waals surface area (Å²) in [6.45, 7) is 2.81. The van der Waals surface area contributed by atoms with Crippen LogP contribution in [0.3, 0.4) is 0 Å². The van der Waals surface area contributed by atoms with E-state index in [1.807, 2.05) is 48.5 Å². The fourth-order valence-corrected chi connectivity index (χ4v) is 4.73. The molecule has 35 heavy (non-hydrogen) atoms. The van der Waals surface area contributed by atoms with Gasteiger partial charge < -0.3 is 25.0 Å². The van der Waals surface area contributed by atoms with Gasteiger partial charge in [0.2, 0.25) is 11.8 Å². The van der Waals surface area contributed by atoms with Gasteiger partial charge in [0.1, 0.15) is 24.7 Å². The zero-order chi connectivity index (χ0) is 25.3. The summed E-state index contributed by atoms with van der Waals surface area (Å²) in [5.74, 6) is -2.35. The van der Waals surface area contributed by atoms with Crippen LogP contribution in [0.2, 0.25) is 0 Å². The fourth-order valence-electron chi connectivity index (χ4n) is 4.73. The van der Waals surface area contributed by atoms with Gasteiger partial charge in [-0.05, 0) is 35.6 Å². The third-order valence-electron chi connectivity index (χ3n) is 7.00. The Bertz CT molecular complexity index is 1140. The highest BCUT2D eigenvalue weighted by Crippen LogP contribution is 2.44. The molecule has 4 rings (SSSR count). The number of carboxylic acids is 1. The summed E-state index contributed by atoms with van der Waals surface area (Å²) in [7, 11) is 1.49. The molecule has 2 aliphatic rings. The number of rotatable bonds is 6. The van der Waals surface area contributed by atoms with Crippen molar-refractivity contribution in [1.82, 2.24) is 15.1 Å². The molecule has 0 spiro atoms. The monoisotopic (exact) mass is 479 g/mol. The largest absolute Gasteiger partial charge is 0.480 e. The van der Waals surface area contributed by atoms with Crippen LogP contribution < -0.4 is 5.32 Å². The maximum Gasteiger partial charge on any atom is 0.408 e. The molecule has 9 heteroatoms. The smallest absolute Gasteiger partial charge is 0.408 e. The number of hydrogen-bond acceptors (Lipinski definition) is 5. The van der Waals surface area contributed by atoms with E-state index in [2.05, 4.69) is 5.32 Å². The van der Waals surface area contributed by atoms with Gasteiger partial charge in [0.15, 0.2) is 0 Å². The van der Waals surface area contributed by atoms with Crippen LogP contribution in [0, 0.1) is 0 Å². The van der Waals surface area contributed by atoms with Gasteiger partial charge in [-0.3, -0.25) is 9.59 Å². The molecule has 1 aliphatic heterocycles. The van der Waals surface area contributed by atoms with Crippen molar-refractivity contribution in [3.8, 4) is 11.1 Å². The van der Waals surface area contributed by atoms with Crippen LogP contribution in [-0.4, -0.2) is 77.1 Å². The second kappa shape index (κ2) is 9.40. The van der Waals surface area contributed by atoms with Gasteiger partial charge in [-0.25, -0.2) is 9.59 Å². The predicted octanol–water partition coefficient (Wildman–Crippen LogP) is 2.45. The number of hydrogen-bond donors (Lipinski definition) is 2. The summed E-state index contributed by atoms with van der Waals surface area (Å²) in [6.07, 6.45) is -0.597. The lowest BCUT2D eigenvalue weighted by Gasteiger charge is -2.41. The van der Waals surface area contributed by atoms with Gasteiger partial charge >= 0.3 is 12.1 Å². The van der Waals surface area contributed by atoms with E-state index in [1.165, 1.54) is 18.9 Å². The molecular weight excluding hydrogens is 450 g/mol. The topological polar surface area (TPSA) is 116 Å². The molecule has 2 aromatic rings. The number of nitrogens with one attached hydrogen (secondary N) is 1. The first-order valence-electron chi connectivity index (χ1n) is 11.6. The number of carbonyl (C=O) groups is 4. The van der Waals surface area contributed by atoms with Crippen molar-refractivity contribution in [2.75, 3.05) is 26.7 Å². The molecule has 1 heterocycles. The SMILES string of the molecule is CCC(C)(NC(=O)OCC1c2ccccc2-c2ccccc21)C(=O)N1CC(=O)N(C)CC1C(=O)O. The minimum Gasteiger partial charge on any atom is -0.480 e. The fraction of sp³-hybridized carbons (Fsp3) is 0.385. The highest BCUT2D eigenvalue weighted by molar-refractivity contribution is 5.96. The Kier molecular flexibility index (Phi) is 6.51. The molecule has 2 N–H and O–H groups in total. The van der Waals surface area contributed by atoms with Gasteiger partial charge in [-0.15, -0.1) is 0 Å². The molecule has 1 fully saturated rings. The minimum atomic E-state index is -1.44. The Morgan fingerprint density at radius 2 is 1.66 bits per heavy atom. The van der Waals surface area contributed by atoms with E-state index < -0.39 is 29.6 Å². The first-order valence-corrected chi connectivity index (χ1v) is 11.6. The van der Waals surface area contributed by atoms with Crippen LogP contribution >= 0.6 is 0 Å². The maximum atomic E-state index is 13.4. The van der Waals surface area contributed by atoms with Gasteiger partial charge in [0, 0.05) is 13.0 Å². The number of carboxylic acid groups (broad SMARTS) is 1. The van der Waals surface area contributed by atoms with E-state index in [0.717, 1.165) is 27.2 Å². The van der Waals surface area contributed by atoms with E-state index in [4.69, 9.17) is 4.74 Å². The first kappa shape index (κ1) is 24.3. The summed E-state index contributed by atoms with van der Waals surface area (Å²) in [5, 5.41) is 12.2. The standard InChI is InChI=1S/C26H29N3O6/c1-4-26(2,24(33)29-14-22(30)28(3)13-21(29)23(31)32)27-25(34)35-15-20-18-11-7-5-9-16(18)17-10-6-8-12-19(17)20/h5-12,20-21H,4,13-15H2,1-3H3,(H,27,34)(H,31,32). The van der Waals surface area contributed by atoms with Crippen LogP contribution in [0.5, 0.6) is 0 Å². The predicted molar refractivity (Wildman–Crippen MR) is 128 cm³/mol. The molecule has 2 aromatic carbocycles. The molecule has 0 bridgehead atoms. The summed E-state index contributed by atoms with van der Waals surface area (Å²) in [5.41, 5.74) is 2.90. The Morgan fingerprint density at radius 3 is 2.20 bits per heavy atom. The Labute approximate surface area is 203 Å². The lowest BCUT2D eigenvalue weighted by Crippen LogP contribution is -2.66. The van der Waals surface area contributed by atoms with Crippen LogP contribution in [0.15, 0.2) is 48.5 Å². The summed E-state index contributed by atoms with van der Waals surface area (Å²) >= 11 is 0.